The van der Waals surface area contributed by atoms with Crippen LogP contribution in [-0.2, 0) is 0 Å². The molecule has 0 amide bonds. The van der Waals surface area contributed by atoms with Crippen LogP contribution in [0, 0.1) is 0 Å². The number of hydrogen-bond donors (Lipinski definition) is 0. The summed E-state index contributed by atoms with van der Waals surface area (Å²) in [7, 11) is 8.71. The van der Waals surface area contributed by atoms with Crippen molar-refractivity contribution in [2.24, 2.45) is 0 Å². The van der Waals surface area contributed by atoms with Crippen LogP contribution in [0.3, 0.4) is 0 Å². The zero-order valence-corrected chi connectivity index (χ0v) is 12.1. The predicted octanol–water partition coefficient (Wildman–Crippen LogP) is 1.69. The molecule has 72 valence electrons. The molecule has 0 saturated carbocycles. The van der Waals surface area contributed by atoms with Gasteiger partial charge in [0.15, 0.2) is 0 Å². The molecule has 0 unspecified atom stereocenters. The van der Waals surface area contributed by atoms with E-state index >= 15 is 0 Å². The molecular weight excluding hydrogens is 255 g/mol. The zero-order chi connectivity index (χ0) is 9.94. The third kappa shape index (κ3) is 2.03. The van der Waals surface area contributed by atoms with E-state index in [0.29, 0.717) is 0 Å². The van der Waals surface area contributed by atoms with Crippen LogP contribution < -0.4 is 0 Å². The van der Waals surface area contributed by atoms with Crippen LogP contribution in [-0.4, -0.2) is 53.4 Å². The SMILES string of the molecule is C=[CH][Sn]([CH](C)C)([N](C)C)[N](C)C. The van der Waals surface area contributed by atoms with Crippen molar-refractivity contribution in [3.63, 3.8) is 0 Å². The van der Waals surface area contributed by atoms with Gasteiger partial charge in [-0.25, -0.2) is 0 Å². The van der Waals surface area contributed by atoms with Gasteiger partial charge >= 0.3 is 81.8 Å². The van der Waals surface area contributed by atoms with Crippen molar-refractivity contribution in [1.29, 1.82) is 0 Å². The van der Waals surface area contributed by atoms with Crippen LogP contribution >= 0.6 is 0 Å². The average Bonchev–Trinajstić information content (AvgIpc) is 1.86. The summed E-state index contributed by atoms with van der Waals surface area (Å²) in [6.45, 7) is 8.61. The Labute approximate surface area is 81.8 Å². The molecular formula is C9H22N2Sn. The second-order valence-corrected chi connectivity index (χ2v) is 18.0. The second kappa shape index (κ2) is 4.63. The third-order valence-corrected chi connectivity index (χ3v) is 17.3. The summed E-state index contributed by atoms with van der Waals surface area (Å²) in [6.07, 6.45) is 0. The Morgan fingerprint density at radius 3 is 1.42 bits per heavy atom. The van der Waals surface area contributed by atoms with Crippen molar-refractivity contribution < 1.29 is 0 Å². The quantitative estimate of drug-likeness (QED) is 0.721. The van der Waals surface area contributed by atoms with Gasteiger partial charge in [-0.05, 0) is 0 Å². The molecule has 0 N–H and O–H groups in total. The van der Waals surface area contributed by atoms with E-state index in [9.17, 15) is 0 Å². The molecule has 2 nitrogen and oxygen atoms in total. The van der Waals surface area contributed by atoms with Crippen molar-refractivity contribution in [2.75, 3.05) is 28.2 Å². The molecule has 0 aliphatic carbocycles. The first-order chi connectivity index (χ1) is 5.39. The van der Waals surface area contributed by atoms with E-state index in [4.69, 9.17) is 0 Å². The second-order valence-electron chi connectivity index (χ2n) is 3.93. The topological polar surface area (TPSA) is 6.48 Å². The molecule has 0 bridgehead atoms. The summed E-state index contributed by atoms with van der Waals surface area (Å²) < 4.78 is 7.78. The van der Waals surface area contributed by atoms with Gasteiger partial charge in [0.25, 0.3) is 0 Å². The molecule has 0 spiro atoms. The Morgan fingerprint density at radius 2 is 1.42 bits per heavy atom. The van der Waals surface area contributed by atoms with E-state index in [1.54, 1.807) is 0 Å². The Balaban J connectivity index is 4.89. The van der Waals surface area contributed by atoms with Crippen LogP contribution in [0.2, 0.25) is 3.93 Å². The molecule has 12 heavy (non-hydrogen) atoms. The van der Waals surface area contributed by atoms with E-state index in [1.165, 1.54) is 0 Å². The van der Waals surface area contributed by atoms with Crippen molar-refractivity contribution in [2.45, 2.75) is 17.8 Å². The fourth-order valence-electron chi connectivity index (χ4n) is 2.03. The Morgan fingerprint density at radius 1 is 1.08 bits per heavy atom. The molecule has 0 aromatic rings. The molecule has 0 radical (unpaired) electrons. The van der Waals surface area contributed by atoms with E-state index < -0.39 is 18.9 Å². The van der Waals surface area contributed by atoms with Gasteiger partial charge in [-0.1, -0.05) is 0 Å². The van der Waals surface area contributed by atoms with E-state index in [1.807, 2.05) is 0 Å². The fraction of sp³-hybridized carbons (Fsp3) is 0.778. The van der Waals surface area contributed by atoms with E-state index in [2.05, 4.69) is 59.0 Å². The van der Waals surface area contributed by atoms with Crippen LogP contribution in [0.15, 0.2) is 10.7 Å². The molecule has 0 atom stereocenters. The standard InChI is InChI=1S/C3H7.2C2H6N.C2H3.Sn/c3*1-3-2;1-2;/h3H,1-2H3;2*1-2H3;1H,2H2;/q;2*-1;;+2. The summed E-state index contributed by atoms with van der Waals surface area (Å²) in [6, 6.07) is 0. The van der Waals surface area contributed by atoms with Gasteiger partial charge in [0.05, 0.1) is 0 Å². The third-order valence-electron chi connectivity index (χ3n) is 2.58. The molecule has 0 fully saturated rings. The Hall–Kier alpha value is 0.459. The monoisotopic (exact) mass is 278 g/mol. The van der Waals surface area contributed by atoms with Gasteiger partial charge in [0, 0.05) is 0 Å². The molecule has 0 rings (SSSR count). The fourth-order valence-corrected chi connectivity index (χ4v) is 13.6. The number of nitrogens with zero attached hydrogens (tertiary/aromatic N) is 2. The van der Waals surface area contributed by atoms with Crippen LogP contribution in [0.1, 0.15) is 13.8 Å². The first kappa shape index (κ1) is 12.5. The molecule has 0 heterocycles. The van der Waals surface area contributed by atoms with Gasteiger partial charge in [-0.3, -0.25) is 0 Å². The summed E-state index contributed by atoms with van der Waals surface area (Å²) in [5, 5.41) is 0. The maximum atomic E-state index is 4.01. The van der Waals surface area contributed by atoms with Crippen molar-refractivity contribution in [1.82, 2.24) is 6.24 Å². The summed E-state index contributed by atoms with van der Waals surface area (Å²) in [5.74, 6) is 0. The molecule has 3 heteroatoms. The van der Waals surface area contributed by atoms with E-state index in [0.717, 1.165) is 3.93 Å². The van der Waals surface area contributed by atoms with Gasteiger partial charge in [-0.15, -0.1) is 0 Å². The van der Waals surface area contributed by atoms with Gasteiger partial charge in [0.2, 0.25) is 0 Å². The van der Waals surface area contributed by atoms with Crippen molar-refractivity contribution in [3.05, 3.63) is 10.7 Å². The number of rotatable bonds is 4. The van der Waals surface area contributed by atoms with Crippen LogP contribution in [0.25, 0.3) is 0 Å². The number of hydrogen-bond acceptors (Lipinski definition) is 2. The maximum absolute atomic E-state index is 4.01. The van der Waals surface area contributed by atoms with Gasteiger partial charge in [-0.2, -0.15) is 0 Å². The minimum atomic E-state index is -2.36. The average molecular weight is 277 g/mol. The summed E-state index contributed by atoms with van der Waals surface area (Å²) >= 11 is -2.36. The summed E-state index contributed by atoms with van der Waals surface area (Å²) in [4.78, 5) is 0. The summed E-state index contributed by atoms with van der Waals surface area (Å²) in [5.41, 5.74) is 0. The molecule has 0 aliphatic rings. The van der Waals surface area contributed by atoms with Crippen molar-refractivity contribution >= 4 is 18.9 Å². The molecule has 0 aliphatic heterocycles. The predicted molar refractivity (Wildman–Crippen MR) is 58.4 cm³/mol. The van der Waals surface area contributed by atoms with Crippen molar-refractivity contribution in [3.8, 4) is 0 Å². The van der Waals surface area contributed by atoms with Crippen LogP contribution in [0.4, 0.5) is 0 Å². The first-order valence-electron chi connectivity index (χ1n) is 4.38. The minimum absolute atomic E-state index is 0.738. The van der Waals surface area contributed by atoms with E-state index in [-0.39, 0.29) is 0 Å². The first-order valence-corrected chi connectivity index (χ1v) is 10.2. The zero-order valence-electron chi connectivity index (χ0n) is 9.26. The van der Waals surface area contributed by atoms with Gasteiger partial charge in [0.1, 0.15) is 0 Å². The van der Waals surface area contributed by atoms with Crippen LogP contribution in [0.5, 0.6) is 0 Å². The van der Waals surface area contributed by atoms with Gasteiger partial charge < -0.3 is 0 Å². The molecule has 0 saturated heterocycles. The normalized spacial score (nSPS) is 13.1. The Kier molecular flexibility index (Phi) is 4.80. The Bertz CT molecular complexity index is 131. The molecule has 0 aromatic carbocycles. The molecule has 0 aromatic heterocycles.